The first-order valence-electron chi connectivity index (χ1n) is 12.0. The highest BCUT2D eigenvalue weighted by Crippen LogP contribution is 2.24. The van der Waals surface area contributed by atoms with E-state index in [0.717, 1.165) is 43.9 Å². The largest absolute Gasteiger partial charge is 0.449 e. The third-order valence-electron chi connectivity index (χ3n) is 5.52. The summed E-state index contributed by atoms with van der Waals surface area (Å²) in [6.45, 7) is 4.53. The van der Waals surface area contributed by atoms with Gasteiger partial charge < -0.3 is 10.1 Å². The molecule has 1 aliphatic carbocycles. The summed E-state index contributed by atoms with van der Waals surface area (Å²) in [4.78, 5) is 24.6. The van der Waals surface area contributed by atoms with E-state index < -0.39 is 27.8 Å². The maximum absolute atomic E-state index is 13.1. The Kier molecular flexibility index (Phi) is 12.0. The van der Waals surface area contributed by atoms with E-state index in [1.807, 2.05) is 13.8 Å². The Bertz CT molecular complexity index is 995. The number of benzene rings is 1. The SMILES string of the molecule is CC(C)/C=C(/NC(=O)OCC1CCCCC1)C(=O)NCCCCNS(=O)(=O)c1ccc(F)cc1Cl. The van der Waals surface area contributed by atoms with Crippen LogP contribution in [0.5, 0.6) is 0 Å². The fourth-order valence-electron chi connectivity index (χ4n) is 3.73. The average molecular weight is 532 g/mol. The van der Waals surface area contributed by atoms with Gasteiger partial charge in [-0.1, -0.05) is 50.8 Å². The van der Waals surface area contributed by atoms with Crippen LogP contribution in [-0.4, -0.2) is 40.1 Å². The zero-order chi connectivity index (χ0) is 25.8. The van der Waals surface area contributed by atoms with Gasteiger partial charge in [0.15, 0.2) is 0 Å². The molecule has 0 radical (unpaired) electrons. The lowest BCUT2D eigenvalue weighted by atomic mass is 9.90. The Morgan fingerprint density at radius 2 is 1.86 bits per heavy atom. The third kappa shape index (κ3) is 10.5. The molecule has 0 aromatic heterocycles. The second-order valence-corrected chi connectivity index (χ2v) is 11.1. The highest BCUT2D eigenvalue weighted by atomic mass is 35.5. The zero-order valence-electron chi connectivity index (χ0n) is 20.2. The van der Waals surface area contributed by atoms with Crippen LogP contribution in [0.3, 0.4) is 0 Å². The highest BCUT2D eigenvalue weighted by Gasteiger charge is 2.19. The minimum Gasteiger partial charge on any atom is -0.449 e. The van der Waals surface area contributed by atoms with Crippen molar-refractivity contribution in [2.45, 2.75) is 63.7 Å². The molecule has 2 amide bonds. The molecule has 0 saturated heterocycles. The van der Waals surface area contributed by atoms with E-state index in [9.17, 15) is 22.4 Å². The van der Waals surface area contributed by atoms with Crippen molar-refractivity contribution in [2.75, 3.05) is 19.7 Å². The van der Waals surface area contributed by atoms with Crippen molar-refractivity contribution in [2.24, 2.45) is 11.8 Å². The molecular formula is C24H35ClFN3O5S. The van der Waals surface area contributed by atoms with Crippen molar-refractivity contribution >= 4 is 33.6 Å². The quantitative estimate of drug-likeness (QED) is 0.271. The van der Waals surface area contributed by atoms with Gasteiger partial charge in [-0.05, 0) is 55.7 Å². The van der Waals surface area contributed by atoms with Crippen LogP contribution in [-0.2, 0) is 19.6 Å². The molecule has 0 bridgehead atoms. The average Bonchev–Trinajstić information content (AvgIpc) is 2.79. The summed E-state index contributed by atoms with van der Waals surface area (Å²) < 4.78 is 45.5. The molecule has 0 unspecified atom stereocenters. The molecule has 0 atom stereocenters. The molecule has 3 N–H and O–H groups in total. The predicted molar refractivity (Wildman–Crippen MR) is 133 cm³/mol. The first-order chi connectivity index (χ1) is 16.6. The Morgan fingerprint density at radius 1 is 1.17 bits per heavy atom. The summed E-state index contributed by atoms with van der Waals surface area (Å²) in [6.07, 6.45) is 7.56. The summed E-state index contributed by atoms with van der Waals surface area (Å²) >= 11 is 5.82. The molecule has 1 fully saturated rings. The van der Waals surface area contributed by atoms with E-state index in [4.69, 9.17) is 16.3 Å². The van der Waals surface area contributed by atoms with Gasteiger partial charge in [0.1, 0.15) is 16.4 Å². The maximum atomic E-state index is 13.1. The molecule has 35 heavy (non-hydrogen) atoms. The Hall–Kier alpha value is -2.17. The number of halogens is 2. The first-order valence-corrected chi connectivity index (χ1v) is 13.8. The van der Waals surface area contributed by atoms with Gasteiger partial charge in [-0.3, -0.25) is 10.1 Å². The standard InChI is InChI=1S/C24H35ClFN3O5S/c1-17(2)14-21(29-24(31)34-16-18-8-4-3-5-9-18)23(30)27-12-6-7-13-28-35(32,33)22-11-10-19(26)15-20(22)25/h10-11,14-15,17-18,28H,3-9,12-13,16H2,1-2H3,(H,27,30)(H,29,31)/b21-14+. The lowest BCUT2D eigenvalue weighted by Crippen LogP contribution is -2.36. The van der Waals surface area contributed by atoms with Gasteiger partial charge in [-0.25, -0.2) is 22.3 Å². The van der Waals surface area contributed by atoms with Crippen LogP contribution in [0.2, 0.25) is 5.02 Å². The van der Waals surface area contributed by atoms with Crippen LogP contribution in [0.1, 0.15) is 58.8 Å². The summed E-state index contributed by atoms with van der Waals surface area (Å²) in [7, 11) is -3.87. The molecule has 0 heterocycles. The number of hydrogen-bond acceptors (Lipinski definition) is 5. The van der Waals surface area contributed by atoms with Gasteiger partial charge in [-0.15, -0.1) is 0 Å². The Labute approximate surface area is 212 Å². The summed E-state index contributed by atoms with van der Waals surface area (Å²) in [5, 5.41) is 5.07. The van der Waals surface area contributed by atoms with Crippen molar-refractivity contribution in [3.63, 3.8) is 0 Å². The smallest absolute Gasteiger partial charge is 0.411 e. The number of amides is 2. The van der Waals surface area contributed by atoms with Gasteiger partial charge in [0.05, 0.1) is 11.6 Å². The monoisotopic (exact) mass is 531 g/mol. The molecular weight excluding hydrogens is 497 g/mol. The third-order valence-corrected chi connectivity index (χ3v) is 7.46. The molecule has 1 aromatic rings. The number of unbranched alkanes of at least 4 members (excludes halogenated alkanes) is 1. The predicted octanol–water partition coefficient (Wildman–Crippen LogP) is 4.50. The molecule has 2 rings (SSSR count). The number of carbonyl (C=O) groups excluding carboxylic acids is 2. The number of rotatable bonds is 12. The van der Waals surface area contributed by atoms with Gasteiger partial charge >= 0.3 is 6.09 Å². The Morgan fingerprint density at radius 3 is 2.51 bits per heavy atom. The maximum Gasteiger partial charge on any atom is 0.411 e. The van der Waals surface area contributed by atoms with Crippen molar-refractivity contribution in [1.82, 2.24) is 15.4 Å². The van der Waals surface area contributed by atoms with Crippen molar-refractivity contribution in [1.29, 1.82) is 0 Å². The molecule has 0 aliphatic heterocycles. The molecule has 1 aromatic carbocycles. The van der Waals surface area contributed by atoms with Gasteiger partial charge in [0, 0.05) is 13.1 Å². The van der Waals surface area contributed by atoms with Gasteiger partial charge in [0.25, 0.3) is 5.91 Å². The number of hydrogen-bond donors (Lipinski definition) is 3. The topological polar surface area (TPSA) is 114 Å². The van der Waals surface area contributed by atoms with Crippen molar-refractivity contribution < 1.29 is 27.1 Å². The Balaban J connectivity index is 1.73. The molecule has 8 nitrogen and oxygen atoms in total. The van der Waals surface area contributed by atoms with Crippen LogP contribution in [0.15, 0.2) is 34.9 Å². The fraction of sp³-hybridized carbons (Fsp3) is 0.583. The fourth-order valence-corrected chi connectivity index (χ4v) is 5.33. The van der Waals surface area contributed by atoms with E-state index in [1.165, 1.54) is 6.42 Å². The molecule has 1 aliphatic rings. The molecule has 1 saturated carbocycles. The minimum atomic E-state index is -3.87. The normalized spacial score (nSPS) is 15.2. The van der Waals surface area contributed by atoms with E-state index in [-0.39, 0.29) is 34.6 Å². The van der Waals surface area contributed by atoms with Crippen LogP contribution in [0, 0.1) is 17.7 Å². The minimum absolute atomic E-state index is 0.0297. The second kappa shape index (κ2) is 14.4. The van der Waals surface area contributed by atoms with E-state index in [1.54, 1.807) is 6.08 Å². The number of allylic oxidation sites excluding steroid dienone is 1. The number of nitrogens with one attached hydrogen (secondary N) is 3. The summed E-state index contributed by atoms with van der Waals surface area (Å²) in [5.41, 5.74) is 0.125. The van der Waals surface area contributed by atoms with Crippen LogP contribution in [0.4, 0.5) is 9.18 Å². The van der Waals surface area contributed by atoms with Gasteiger partial charge in [-0.2, -0.15) is 0 Å². The number of sulfonamides is 1. The van der Waals surface area contributed by atoms with Crippen molar-refractivity contribution in [3.05, 3.63) is 40.8 Å². The van der Waals surface area contributed by atoms with Gasteiger partial charge in [0.2, 0.25) is 10.0 Å². The highest BCUT2D eigenvalue weighted by molar-refractivity contribution is 7.89. The van der Waals surface area contributed by atoms with Crippen LogP contribution < -0.4 is 15.4 Å². The van der Waals surface area contributed by atoms with Crippen LogP contribution in [0.25, 0.3) is 0 Å². The summed E-state index contributed by atoms with van der Waals surface area (Å²) in [6, 6.07) is 3.07. The first kappa shape index (κ1) is 29.1. The van der Waals surface area contributed by atoms with E-state index in [0.29, 0.717) is 25.4 Å². The van der Waals surface area contributed by atoms with E-state index in [2.05, 4.69) is 15.4 Å². The number of ether oxygens (including phenoxy) is 1. The number of alkyl carbamates (subject to hydrolysis) is 1. The molecule has 0 spiro atoms. The lowest BCUT2D eigenvalue weighted by molar-refractivity contribution is -0.117. The van der Waals surface area contributed by atoms with Crippen LogP contribution >= 0.6 is 11.6 Å². The second-order valence-electron chi connectivity index (χ2n) is 8.99. The summed E-state index contributed by atoms with van der Waals surface area (Å²) in [5.74, 6) is -0.658. The van der Waals surface area contributed by atoms with E-state index >= 15 is 0 Å². The number of carbonyl (C=O) groups is 2. The van der Waals surface area contributed by atoms with Crippen molar-refractivity contribution in [3.8, 4) is 0 Å². The molecule has 196 valence electrons. The lowest BCUT2D eigenvalue weighted by Gasteiger charge is -2.21. The zero-order valence-corrected chi connectivity index (χ0v) is 21.8. The molecule has 11 heteroatoms.